The van der Waals surface area contributed by atoms with Crippen LogP contribution < -0.4 is 5.32 Å². The van der Waals surface area contributed by atoms with Gasteiger partial charge in [0.2, 0.25) is 0 Å². The second-order valence-electron chi connectivity index (χ2n) is 3.67. The molecule has 7 heteroatoms. The van der Waals surface area contributed by atoms with E-state index in [-0.39, 0.29) is 19.4 Å². The van der Waals surface area contributed by atoms with E-state index < -0.39 is 17.9 Å². The number of hydroxylamine groups is 2. The molecule has 1 aromatic rings. The summed E-state index contributed by atoms with van der Waals surface area (Å²) < 4.78 is 0. The second-order valence-corrected chi connectivity index (χ2v) is 3.67. The second kappa shape index (κ2) is 5.26. The van der Waals surface area contributed by atoms with Crippen LogP contribution >= 0.6 is 0 Å². The lowest BCUT2D eigenvalue weighted by atomic mass is 10.3. The van der Waals surface area contributed by atoms with Crippen molar-refractivity contribution in [1.82, 2.24) is 15.4 Å². The molecule has 1 aromatic heterocycles. The molecule has 1 aliphatic heterocycles. The van der Waals surface area contributed by atoms with Gasteiger partial charge in [0, 0.05) is 31.8 Å². The van der Waals surface area contributed by atoms with Gasteiger partial charge in [-0.2, -0.15) is 0 Å². The largest absolute Gasteiger partial charge is 0.432 e. The Kier molecular flexibility index (Phi) is 3.52. The van der Waals surface area contributed by atoms with Gasteiger partial charge < -0.3 is 10.2 Å². The predicted molar refractivity (Wildman–Crippen MR) is 58.6 cm³/mol. The third kappa shape index (κ3) is 2.82. The molecule has 2 heterocycles. The van der Waals surface area contributed by atoms with Crippen LogP contribution in [0.1, 0.15) is 18.4 Å². The smallest absolute Gasteiger partial charge is 0.316 e. The summed E-state index contributed by atoms with van der Waals surface area (Å²) >= 11 is 0. The Morgan fingerprint density at radius 1 is 1.28 bits per heavy atom. The van der Waals surface area contributed by atoms with Gasteiger partial charge in [-0.1, -0.05) is 0 Å². The number of nitrogens with one attached hydrogen (secondary N) is 1. The zero-order valence-electron chi connectivity index (χ0n) is 9.46. The number of amides is 3. The van der Waals surface area contributed by atoms with Crippen LogP contribution in [0.2, 0.25) is 0 Å². The minimum atomic E-state index is -0.838. The van der Waals surface area contributed by atoms with E-state index in [1.807, 2.05) is 0 Å². The highest BCUT2D eigenvalue weighted by molar-refractivity contribution is 6.01. The van der Waals surface area contributed by atoms with Crippen LogP contribution in [0.15, 0.2) is 24.5 Å². The van der Waals surface area contributed by atoms with Crippen LogP contribution in [0.4, 0.5) is 4.79 Å². The molecule has 0 unspecified atom stereocenters. The van der Waals surface area contributed by atoms with Gasteiger partial charge in [0.15, 0.2) is 0 Å². The van der Waals surface area contributed by atoms with Crippen molar-refractivity contribution in [3.63, 3.8) is 0 Å². The van der Waals surface area contributed by atoms with Crippen molar-refractivity contribution in [3.05, 3.63) is 30.1 Å². The number of hydrogen-bond acceptors (Lipinski definition) is 5. The number of imide groups is 1. The highest BCUT2D eigenvalue weighted by atomic mass is 16.7. The van der Waals surface area contributed by atoms with Gasteiger partial charge in [0.1, 0.15) is 0 Å². The Labute approximate surface area is 103 Å². The van der Waals surface area contributed by atoms with E-state index in [2.05, 4.69) is 15.1 Å². The molecule has 1 fully saturated rings. The molecule has 0 aromatic carbocycles. The van der Waals surface area contributed by atoms with Gasteiger partial charge in [0.25, 0.3) is 11.8 Å². The summed E-state index contributed by atoms with van der Waals surface area (Å²) in [6, 6.07) is 3.46. The molecule has 0 saturated carbocycles. The Balaban J connectivity index is 1.82. The van der Waals surface area contributed by atoms with E-state index in [4.69, 9.17) is 0 Å². The zero-order valence-corrected chi connectivity index (χ0v) is 9.46. The Morgan fingerprint density at radius 2 is 1.89 bits per heavy atom. The molecule has 1 N–H and O–H groups in total. The molecule has 3 amide bonds. The molecular formula is C11H11N3O4. The van der Waals surface area contributed by atoms with Crippen molar-refractivity contribution in [2.75, 3.05) is 0 Å². The topological polar surface area (TPSA) is 88.6 Å². The van der Waals surface area contributed by atoms with E-state index in [1.54, 1.807) is 24.5 Å². The summed E-state index contributed by atoms with van der Waals surface area (Å²) in [5.74, 6) is -1.00. The first kappa shape index (κ1) is 12.0. The van der Waals surface area contributed by atoms with E-state index in [0.717, 1.165) is 5.56 Å². The summed E-state index contributed by atoms with van der Waals surface area (Å²) in [5.41, 5.74) is 0.834. The molecule has 0 atom stereocenters. The van der Waals surface area contributed by atoms with Gasteiger partial charge >= 0.3 is 6.09 Å². The Hall–Kier alpha value is -2.44. The lowest BCUT2D eigenvalue weighted by Gasteiger charge is -2.13. The lowest BCUT2D eigenvalue weighted by molar-refractivity contribution is -0.171. The number of pyridine rings is 1. The molecule has 0 aliphatic carbocycles. The predicted octanol–water partition coefficient (Wildman–Crippen LogP) is 0.372. The standard InChI is InChI=1S/C11H11N3O4/c15-9-1-2-10(16)14(9)18-11(17)13-7-8-3-5-12-6-4-8/h3-6H,1-2,7H2,(H,13,17). The third-order valence-corrected chi connectivity index (χ3v) is 2.37. The normalized spacial score (nSPS) is 14.8. The lowest BCUT2D eigenvalue weighted by Crippen LogP contribution is -2.36. The van der Waals surface area contributed by atoms with Crippen molar-refractivity contribution < 1.29 is 19.2 Å². The molecule has 0 spiro atoms. The quantitative estimate of drug-likeness (QED) is 0.782. The maximum absolute atomic E-state index is 11.4. The van der Waals surface area contributed by atoms with Gasteiger partial charge in [-0.25, -0.2) is 4.79 Å². The fourth-order valence-corrected chi connectivity index (χ4v) is 1.45. The van der Waals surface area contributed by atoms with Crippen molar-refractivity contribution in [3.8, 4) is 0 Å². The first-order valence-corrected chi connectivity index (χ1v) is 5.37. The number of rotatable bonds is 3. The highest BCUT2D eigenvalue weighted by Gasteiger charge is 2.32. The summed E-state index contributed by atoms with van der Waals surface area (Å²) in [4.78, 5) is 42.2. The molecule has 0 bridgehead atoms. The van der Waals surface area contributed by atoms with E-state index >= 15 is 0 Å². The third-order valence-electron chi connectivity index (χ3n) is 2.37. The zero-order chi connectivity index (χ0) is 13.0. The van der Waals surface area contributed by atoms with Gasteiger partial charge in [-0.05, 0) is 17.7 Å². The van der Waals surface area contributed by atoms with Crippen molar-refractivity contribution in [2.24, 2.45) is 0 Å². The maximum Gasteiger partial charge on any atom is 0.432 e. The highest BCUT2D eigenvalue weighted by Crippen LogP contribution is 2.11. The first-order valence-electron chi connectivity index (χ1n) is 5.37. The first-order chi connectivity index (χ1) is 8.66. The van der Waals surface area contributed by atoms with Crippen LogP contribution in [0, 0.1) is 0 Å². The van der Waals surface area contributed by atoms with Crippen LogP contribution in [0.3, 0.4) is 0 Å². The molecule has 1 saturated heterocycles. The van der Waals surface area contributed by atoms with E-state index in [9.17, 15) is 14.4 Å². The average molecular weight is 249 g/mol. The fraction of sp³-hybridized carbons (Fsp3) is 0.273. The SMILES string of the molecule is O=C(NCc1ccncc1)ON1C(=O)CCC1=O. The molecule has 2 rings (SSSR count). The van der Waals surface area contributed by atoms with Crippen LogP contribution in [-0.4, -0.2) is 28.0 Å². The van der Waals surface area contributed by atoms with Crippen molar-refractivity contribution in [2.45, 2.75) is 19.4 Å². The number of carbonyl (C=O) groups is 3. The monoisotopic (exact) mass is 249 g/mol. The summed E-state index contributed by atoms with van der Waals surface area (Å²) in [5, 5.41) is 2.93. The van der Waals surface area contributed by atoms with Gasteiger partial charge in [0.05, 0.1) is 0 Å². The van der Waals surface area contributed by atoms with Crippen molar-refractivity contribution >= 4 is 17.9 Å². The van der Waals surface area contributed by atoms with Crippen LogP contribution in [-0.2, 0) is 21.0 Å². The minimum Gasteiger partial charge on any atom is -0.316 e. The van der Waals surface area contributed by atoms with Gasteiger partial charge in [-0.15, -0.1) is 5.06 Å². The summed E-state index contributed by atoms with van der Waals surface area (Å²) in [6.45, 7) is 0.234. The number of hydrogen-bond donors (Lipinski definition) is 1. The van der Waals surface area contributed by atoms with Crippen LogP contribution in [0.25, 0.3) is 0 Å². The Bertz CT molecular complexity index is 458. The fourth-order valence-electron chi connectivity index (χ4n) is 1.45. The number of nitrogens with zero attached hydrogens (tertiary/aromatic N) is 2. The Morgan fingerprint density at radius 3 is 2.50 bits per heavy atom. The number of carbonyl (C=O) groups excluding carboxylic acids is 3. The van der Waals surface area contributed by atoms with Crippen LogP contribution in [0.5, 0.6) is 0 Å². The average Bonchev–Trinajstić information content (AvgIpc) is 2.69. The molecular weight excluding hydrogens is 238 g/mol. The van der Waals surface area contributed by atoms with E-state index in [0.29, 0.717) is 5.06 Å². The maximum atomic E-state index is 11.4. The summed E-state index contributed by atoms with van der Waals surface area (Å²) in [6.07, 6.45) is 2.51. The number of aromatic nitrogens is 1. The van der Waals surface area contributed by atoms with Crippen molar-refractivity contribution in [1.29, 1.82) is 0 Å². The molecule has 94 valence electrons. The molecule has 1 aliphatic rings. The van der Waals surface area contributed by atoms with Gasteiger partial charge in [-0.3, -0.25) is 14.6 Å². The summed E-state index contributed by atoms with van der Waals surface area (Å²) in [7, 11) is 0. The molecule has 0 radical (unpaired) electrons. The minimum absolute atomic E-state index is 0.0798. The van der Waals surface area contributed by atoms with E-state index in [1.165, 1.54) is 0 Å². The molecule has 18 heavy (non-hydrogen) atoms. The molecule has 7 nitrogen and oxygen atoms in total.